The summed E-state index contributed by atoms with van der Waals surface area (Å²) in [5.41, 5.74) is 0.866. The fourth-order valence-electron chi connectivity index (χ4n) is 4.34. The molecular formula is C36H35BrF4I5O7S3-. The van der Waals surface area contributed by atoms with Crippen LogP contribution in [0.1, 0.15) is 68.5 Å². The summed E-state index contributed by atoms with van der Waals surface area (Å²) in [4.78, 5) is 45.0. The molecule has 0 unspecified atom stereocenters. The van der Waals surface area contributed by atoms with Crippen molar-refractivity contribution < 1.29 is 64.2 Å². The van der Waals surface area contributed by atoms with Crippen LogP contribution < -0.4 is 13.3 Å². The fraction of sp³-hybridized carbons (Fsp3) is 0.278. The van der Waals surface area contributed by atoms with Crippen molar-refractivity contribution in [3.05, 3.63) is 104 Å². The van der Waals surface area contributed by atoms with Crippen molar-refractivity contribution in [3.8, 4) is 0 Å². The molecule has 0 aliphatic rings. The summed E-state index contributed by atoms with van der Waals surface area (Å²) in [7, 11) is 0. The number of hydrogen-bond donors (Lipinski definition) is 1. The maximum absolute atomic E-state index is 13.7. The first-order chi connectivity index (χ1) is 26.7. The van der Waals surface area contributed by atoms with Gasteiger partial charge in [-0.25, -0.2) is 27.2 Å². The van der Waals surface area contributed by atoms with E-state index in [1.54, 1.807) is 52.0 Å². The molecule has 7 nitrogen and oxygen atoms in total. The molecule has 56 heavy (non-hydrogen) atoms. The summed E-state index contributed by atoms with van der Waals surface area (Å²) >= 11 is 19.0. The number of carbonyl (C=O) groups excluding carboxylic acids is 4. The van der Waals surface area contributed by atoms with Crippen molar-refractivity contribution in [2.24, 2.45) is 0 Å². The van der Waals surface area contributed by atoms with Crippen LogP contribution >= 0.6 is 126 Å². The number of thiophene rings is 2. The van der Waals surface area contributed by atoms with Gasteiger partial charge in [-0.05, 0) is 82.1 Å². The Balaban J connectivity index is 0.000000720. The predicted molar refractivity (Wildman–Crippen MR) is 256 cm³/mol. The summed E-state index contributed by atoms with van der Waals surface area (Å²) in [6, 6.07) is 13.0. The van der Waals surface area contributed by atoms with E-state index in [1.807, 2.05) is 0 Å². The summed E-state index contributed by atoms with van der Waals surface area (Å²) < 4.78 is 68.5. The number of carbonyl (C=O) groups is 4. The average Bonchev–Trinajstić information content (AvgIpc) is 3.73. The molecule has 0 atom stereocenters. The van der Waals surface area contributed by atoms with Crippen LogP contribution in [0.5, 0.6) is 0 Å². The molecule has 0 spiro atoms. The van der Waals surface area contributed by atoms with Crippen LogP contribution in [0.4, 0.5) is 17.6 Å². The van der Waals surface area contributed by atoms with Gasteiger partial charge in [-0.3, -0.25) is 9.59 Å². The van der Waals surface area contributed by atoms with Crippen molar-refractivity contribution in [2.45, 2.75) is 39.9 Å². The first-order valence-electron chi connectivity index (χ1n) is 15.7. The van der Waals surface area contributed by atoms with Gasteiger partial charge in [-0.1, -0.05) is 34.1 Å². The minimum atomic E-state index is -0.808. The van der Waals surface area contributed by atoms with Crippen molar-refractivity contribution in [1.29, 1.82) is 0 Å². The van der Waals surface area contributed by atoms with E-state index in [0.29, 0.717) is 70.1 Å². The number of fused-ring (bicyclic) bond motifs is 2. The van der Waals surface area contributed by atoms with Gasteiger partial charge in [-0.2, -0.15) is 12.6 Å². The van der Waals surface area contributed by atoms with Crippen molar-refractivity contribution in [1.82, 2.24) is 0 Å². The molecule has 3 aromatic carbocycles. The van der Waals surface area contributed by atoms with E-state index in [1.165, 1.54) is 40.9 Å². The number of benzene rings is 3. The van der Waals surface area contributed by atoms with Crippen LogP contribution in [-0.2, 0) is 24.3 Å². The van der Waals surface area contributed by atoms with Gasteiger partial charge >= 0.3 is 68.4 Å². The molecule has 0 amide bonds. The Hall–Kier alpha value is -0.140. The third-order valence-corrected chi connectivity index (χ3v) is 9.70. The number of alkyl halides is 1. The number of aryl methyl sites for hydroxylation is 1. The van der Waals surface area contributed by atoms with Gasteiger partial charge in [0, 0.05) is 62.7 Å². The number of ketones is 1. The fourth-order valence-corrected chi connectivity index (χ4v) is 7.43. The van der Waals surface area contributed by atoms with Crippen molar-refractivity contribution in [2.75, 3.05) is 25.6 Å². The van der Waals surface area contributed by atoms with Gasteiger partial charge in [0.25, 0.3) is 0 Å². The third-order valence-electron chi connectivity index (χ3n) is 6.47. The Morgan fingerprint density at radius 1 is 0.714 bits per heavy atom. The number of halogens is 10. The van der Waals surface area contributed by atoms with E-state index < -0.39 is 23.0 Å². The van der Waals surface area contributed by atoms with E-state index in [0.717, 1.165) is 28.5 Å². The van der Waals surface area contributed by atoms with Crippen LogP contribution in [-0.4, -0.2) is 49.3 Å². The zero-order valence-electron chi connectivity index (χ0n) is 30.1. The van der Waals surface area contributed by atoms with Crippen LogP contribution in [0, 0.1) is 30.2 Å². The van der Waals surface area contributed by atoms with Crippen molar-refractivity contribution in [3.63, 3.8) is 0 Å². The molecule has 0 bridgehead atoms. The van der Waals surface area contributed by atoms with E-state index in [-0.39, 0.29) is 35.3 Å². The van der Waals surface area contributed by atoms with Crippen LogP contribution in [0.3, 0.4) is 0 Å². The molecule has 2 heterocycles. The van der Waals surface area contributed by atoms with E-state index in [2.05, 4.69) is 108 Å². The Kier molecular flexibility index (Phi) is 31.6. The molecule has 0 aliphatic heterocycles. The standard InChI is InChI=1S/C12H10BrFO2S.C12H11FO2S.C8H6F2O.C4H8O2S.I3.I2/c1-2-16-12(15)11-7(6-13)10-8(14)4-3-5-9(10)17-11;1-3-15-12(14)11-7(2)10-8(13)5-4-6-9(10)16-11;1-5(11)8-6(9)3-2-4-7(8)10;1-2-6-4(5)3-7;1-3-2;1-2/h3-5H,2,6H2,1H3;4-6H,3H2,1-2H3;2-4H,1H3;7H,2-3H2,1H3;;/q;;;;-1;. The normalized spacial score (nSPS) is 9.77. The molecule has 20 heteroatoms. The quantitative estimate of drug-likeness (QED) is 0.0314. The van der Waals surface area contributed by atoms with E-state index in [4.69, 9.17) is 9.47 Å². The summed E-state index contributed by atoms with van der Waals surface area (Å²) in [5, 5.41) is 1.47. The summed E-state index contributed by atoms with van der Waals surface area (Å²) in [6.45, 7) is 9.23. The Morgan fingerprint density at radius 2 is 1.11 bits per heavy atom. The zero-order valence-corrected chi connectivity index (χ0v) is 45.0. The zero-order chi connectivity index (χ0) is 43.0. The van der Waals surface area contributed by atoms with Crippen LogP contribution in [0.15, 0.2) is 54.6 Å². The molecule has 0 saturated heterocycles. The summed E-state index contributed by atoms with van der Waals surface area (Å²) in [6.07, 6.45) is 0. The summed E-state index contributed by atoms with van der Waals surface area (Å²) in [5.74, 6) is -3.65. The Bertz CT molecular complexity index is 2000. The van der Waals surface area contributed by atoms with Crippen LogP contribution in [0.25, 0.3) is 20.2 Å². The number of hydrogen-bond acceptors (Lipinski definition) is 10. The first-order valence-corrected chi connectivity index (χ1v) is 37.9. The molecule has 2 aromatic heterocycles. The third kappa shape index (κ3) is 18.2. The first kappa shape index (κ1) is 55.9. The monoisotopic (exact) mass is 1460 g/mol. The molecule has 5 aromatic rings. The van der Waals surface area contributed by atoms with Gasteiger partial charge in [-0.15, -0.1) is 22.7 Å². The SMILES string of the molecule is CC(=O)c1c(F)cccc1F.CCOC(=O)CS.CCOC(=O)c1sc2cccc(F)c2c1C.CCOC(=O)c1sc2cccc(F)c2c1CBr.II.I[I-]I. The van der Waals surface area contributed by atoms with Gasteiger partial charge in [0.15, 0.2) is 5.78 Å². The molecule has 5 rings (SSSR count). The van der Waals surface area contributed by atoms with E-state index in [9.17, 15) is 36.7 Å². The second-order valence-corrected chi connectivity index (χ2v) is 29.2. The number of ether oxygens (including phenoxy) is 3. The Morgan fingerprint density at radius 3 is 1.48 bits per heavy atom. The Labute approximate surface area is 398 Å². The maximum atomic E-state index is 13.7. The minimum absolute atomic E-state index is 0.174. The van der Waals surface area contributed by atoms with Gasteiger partial charge < -0.3 is 14.2 Å². The second-order valence-electron chi connectivity index (χ2n) is 9.94. The van der Waals surface area contributed by atoms with Crippen LogP contribution in [0.2, 0.25) is 0 Å². The second kappa shape index (κ2) is 31.7. The molecule has 0 fully saturated rings. The molecule has 0 radical (unpaired) electrons. The molecule has 0 saturated carbocycles. The van der Waals surface area contributed by atoms with Gasteiger partial charge in [0.2, 0.25) is 0 Å². The predicted octanol–water partition coefficient (Wildman–Crippen LogP) is 10.8. The molecule has 0 aliphatic carbocycles. The molecule has 0 N–H and O–H groups in total. The topological polar surface area (TPSA) is 96.0 Å². The molecule has 310 valence electrons. The average molecular weight is 1470 g/mol. The van der Waals surface area contributed by atoms with Crippen molar-refractivity contribution >= 4 is 170 Å². The van der Waals surface area contributed by atoms with Gasteiger partial charge in [0.05, 0.1) is 31.1 Å². The molecular weight excluding hydrogens is 1430 g/mol. The number of esters is 3. The van der Waals surface area contributed by atoms with E-state index >= 15 is 0 Å². The van der Waals surface area contributed by atoms with Gasteiger partial charge in [0.1, 0.15) is 33.0 Å². The number of rotatable bonds is 8. The number of thiol groups is 1. The number of Topliss-reactive ketones (excluding diaryl/α,β-unsaturated/α-hetero) is 1.